The summed E-state index contributed by atoms with van der Waals surface area (Å²) in [6, 6.07) is 9.83. The topological polar surface area (TPSA) is 33.0 Å². The van der Waals surface area contributed by atoms with E-state index in [0.717, 1.165) is 29.4 Å². The molecule has 3 heteroatoms. The third-order valence-electron chi connectivity index (χ3n) is 1.91. The molecule has 0 spiro atoms. The number of hydrogen-bond donors (Lipinski definition) is 0. The molecule has 0 atom stereocenters. The lowest BCUT2D eigenvalue weighted by molar-refractivity contribution is 0.344. The normalized spacial score (nSPS) is 9.60. The second kappa shape index (κ2) is 7.19. The summed E-state index contributed by atoms with van der Waals surface area (Å²) >= 11 is 1.87. The van der Waals surface area contributed by atoms with Crippen molar-refractivity contribution in [1.29, 1.82) is 5.26 Å². The molecule has 0 bridgehead atoms. The molecule has 0 saturated carbocycles. The molecule has 0 unspecified atom stereocenters. The standard InChI is InChI=1S/C12H15NOS/c1-2-15-10-9-14-12-5-3-11(4-6-12)7-8-13/h3-6H,2,7,9-10H2,1H3. The average molecular weight is 221 g/mol. The minimum Gasteiger partial charge on any atom is -0.493 e. The van der Waals surface area contributed by atoms with Crippen molar-refractivity contribution in [3.8, 4) is 11.8 Å². The fourth-order valence-corrected chi connectivity index (χ4v) is 1.65. The highest BCUT2D eigenvalue weighted by Gasteiger charge is 1.95. The number of thioether (sulfide) groups is 1. The fourth-order valence-electron chi connectivity index (χ4n) is 1.16. The van der Waals surface area contributed by atoms with Crippen LogP contribution in [0.2, 0.25) is 0 Å². The molecule has 15 heavy (non-hydrogen) atoms. The molecule has 80 valence electrons. The minimum atomic E-state index is 0.464. The van der Waals surface area contributed by atoms with Crippen molar-refractivity contribution in [2.45, 2.75) is 13.3 Å². The van der Waals surface area contributed by atoms with Crippen molar-refractivity contribution in [3.63, 3.8) is 0 Å². The molecule has 0 heterocycles. The van der Waals surface area contributed by atoms with Crippen LogP contribution in [0.4, 0.5) is 0 Å². The fraction of sp³-hybridized carbons (Fsp3) is 0.417. The summed E-state index contributed by atoms with van der Waals surface area (Å²) in [4.78, 5) is 0. The number of rotatable bonds is 6. The highest BCUT2D eigenvalue weighted by Crippen LogP contribution is 2.12. The van der Waals surface area contributed by atoms with E-state index in [9.17, 15) is 0 Å². The Morgan fingerprint density at radius 2 is 2.07 bits per heavy atom. The minimum absolute atomic E-state index is 0.464. The molecule has 2 nitrogen and oxygen atoms in total. The van der Waals surface area contributed by atoms with Gasteiger partial charge in [-0.1, -0.05) is 19.1 Å². The van der Waals surface area contributed by atoms with Gasteiger partial charge in [0.15, 0.2) is 0 Å². The molecule has 0 aromatic heterocycles. The Morgan fingerprint density at radius 1 is 1.33 bits per heavy atom. The number of benzene rings is 1. The van der Waals surface area contributed by atoms with Crippen LogP contribution in [0.5, 0.6) is 5.75 Å². The summed E-state index contributed by atoms with van der Waals surface area (Å²) < 4.78 is 5.54. The van der Waals surface area contributed by atoms with Gasteiger partial charge in [0.25, 0.3) is 0 Å². The Hall–Kier alpha value is -1.14. The summed E-state index contributed by atoms with van der Waals surface area (Å²) in [7, 11) is 0. The molecular weight excluding hydrogens is 206 g/mol. The van der Waals surface area contributed by atoms with Crippen molar-refractivity contribution < 1.29 is 4.74 Å². The number of nitrogens with zero attached hydrogens (tertiary/aromatic N) is 1. The number of ether oxygens (including phenoxy) is 1. The van der Waals surface area contributed by atoms with Gasteiger partial charge in [0.05, 0.1) is 19.1 Å². The molecule has 0 saturated heterocycles. The number of nitriles is 1. The van der Waals surface area contributed by atoms with Crippen LogP contribution in [-0.4, -0.2) is 18.1 Å². The highest BCUT2D eigenvalue weighted by atomic mass is 32.2. The van der Waals surface area contributed by atoms with Gasteiger partial charge in [-0.05, 0) is 23.4 Å². The van der Waals surface area contributed by atoms with Gasteiger partial charge < -0.3 is 4.74 Å². The van der Waals surface area contributed by atoms with E-state index >= 15 is 0 Å². The maximum atomic E-state index is 8.51. The van der Waals surface area contributed by atoms with Crippen molar-refractivity contribution in [1.82, 2.24) is 0 Å². The Balaban J connectivity index is 2.33. The molecular formula is C12H15NOS. The predicted molar refractivity (Wildman–Crippen MR) is 64.3 cm³/mol. The molecule has 0 aliphatic carbocycles. The van der Waals surface area contributed by atoms with Crippen molar-refractivity contribution in [2.75, 3.05) is 18.1 Å². The van der Waals surface area contributed by atoms with Crippen molar-refractivity contribution in [2.24, 2.45) is 0 Å². The van der Waals surface area contributed by atoms with E-state index in [2.05, 4.69) is 13.0 Å². The molecule has 0 aliphatic heterocycles. The van der Waals surface area contributed by atoms with Gasteiger partial charge in [-0.3, -0.25) is 0 Å². The molecule has 1 rings (SSSR count). The average Bonchev–Trinajstić information content (AvgIpc) is 2.27. The zero-order chi connectivity index (χ0) is 10.9. The second-order valence-corrected chi connectivity index (χ2v) is 4.42. The Kier molecular flexibility index (Phi) is 5.72. The van der Waals surface area contributed by atoms with Crippen molar-refractivity contribution in [3.05, 3.63) is 29.8 Å². The van der Waals surface area contributed by atoms with Gasteiger partial charge in [-0.2, -0.15) is 17.0 Å². The van der Waals surface area contributed by atoms with Crippen LogP contribution in [0, 0.1) is 11.3 Å². The first-order valence-electron chi connectivity index (χ1n) is 5.03. The Morgan fingerprint density at radius 3 is 2.67 bits per heavy atom. The Bertz CT molecular complexity index is 315. The first kappa shape index (κ1) is 11.9. The summed E-state index contributed by atoms with van der Waals surface area (Å²) in [5.74, 6) is 3.04. The molecule has 0 amide bonds. The zero-order valence-corrected chi connectivity index (χ0v) is 9.72. The lowest BCUT2D eigenvalue weighted by Crippen LogP contribution is -2.00. The quantitative estimate of drug-likeness (QED) is 0.692. The summed E-state index contributed by atoms with van der Waals surface area (Å²) in [5.41, 5.74) is 1.03. The second-order valence-electron chi connectivity index (χ2n) is 3.02. The van der Waals surface area contributed by atoms with Gasteiger partial charge >= 0.3 is 0 Å². The van der Waals surface area contributed by atoms with Gasteiger partial charge in [0.2, 0.25) is 0 Å². The van der Waals surface area contributed by atoms with E-state index in [4.69, 9.17) is 10.00 Å². The van der Waals surface area contributed by atoms with E-state index in [0.29, 0.717) is 6.42 Å². The maximum Gasteiger partial charge on any atom is 0.119 e. The SMILES string of the molecule is CCSCCOc1ccc(CC#N)cc1. The maximum absolute atomic E-state index is 8.51. The van der Waals surface area contributed by atoms with Crippen LogP contribution in [0.3, 0.4) is 0 Å². The first-order chi connectivity index (χ1) is 7.36. The molecule has 1 aromatic rings. The third kappa shape index (κ3) is 4.75. The van der Waals surface area contributed by atoms with E-state index < -0.39 is 0 Å². The smallest absolute Gasteiger partial charge is 0.119 e. The van der Waals surface area contributed by atoms with Crippen LogP contribution < -0.4 is 4.74 Å². The zero-order valence-electron chi connectivity index (χ0n) is 8.90. The highest BCUT2D eigenvalue weighted by molar-refractivity contribution is 7.99. The van der Waals surface area contributed by atoms with E-state index in [1.807, 2.05) is 36.0 Å². The van der Waals surface area contributed by atoms with Crippen LogP contribution in [-0.2, 0) is 6.42 Å². The van der Waals surface area contributed by atoms with Gasteiger partial charge in [-0.25, -0.2) is 0 Å². The van der Waals surface area contributed by atoms with E-state index in [-0.39, 0.29) is 0 Å². The summed E-state index contributed by atoms with van der Waals surface area (Å²) in [5, 5.41) is 8.51. The van der Waals surface area contributed by atoms with Crippen LogP contribution >= 0.6 is 11.8 Å². The molecule has 1 aromatic carbocycles. The van der Waals surface area contributed by atoms with Gasteiger partial charge in [0.1, 0.15) is 5.75 Å². The van der Waals surface area contributed by atoms with Gasteiger partial charge in [-0.15, -0.1) is 0 Å². The van der Waals surface area contributed by atoms with Crippen LogP contribution in [0.25, 0.3) is 0 Å². The number of hydrogen-bond acceptors (Lipinski definition) is 3. The molecule has 0 N–H and O–H groups in total. The molecule has 0 fully saturated rings. The van der Waals surface area contributed by atoms with Crippen LogP contribution in [0.1, 0.15) is 12.5 Å². The monoisotopic (exact) mass is 221 g/mol. The Labute approximate surface area is 95.3 Å². The lowest BCUT2D eigenvalue weighted by Gasteiger charge is -2.05. The third-order valence-corrected chi connectivity index (χ3v) is 2.77. The summed E-state index contributed by atoms with van der Waals surface area (Å²) in [6.45, 7) is 2.89. The largest absolute Gasteiger partial charge is 0.493 e. The molecule has 0 aliphatic rings. The van der Waals surface area contributed by atoms with Gasteiger partial charge in [0, 0.05) is 5.75 Å². The van der Waals surface area contributed by atoms with Crippen LogP contribution in [0.15, 0.2) is 24.3 Å². The summed E-state index contributed by atoms with van der Waals surface area (Å²) in [6.07, 6.45) is 0.464. The molecule has 0 radical (unpaired) electrons. The van der Waals surface area contributed by atoms with E-state index in [1.54, 1.807) is 0 Å². The lowest BCUT2D eigenvalue weighted by atomic mass is 10.2. The van der Waals surface area contributed by atoms with E-state index in [1.165, 1.54) is 0 Å². The first-order valence-corrected chi connectivity index (χ1v) is 6.18. The van der Waals surface area contributed by atoms with Crippen molar-refractivity contribution >= 4 is 11.8 Å². The predicted octanol–water partition coefficient (Wildman–Crippen LogP) is 2.88.